The Hall–Kier alpha value is 0.150. The van der Waals surface area contributed by atoms with E-state index >= 15 is 0 Å². The van der Waals surface area contributed by atoms with Crippen molar-refractivity contribution < 1.29 is 9.46 Å². The summed E-state index contributed by atoms with van der Waals surface area (Å²) in [4.78, 5) is 9.72. The molecular weight excluding hydrogens is 173 g/mol. The van der Waals surface area contributed by atoms with E-state index in [4.69, 9.17) is 5.73 Å². The molecule has 3 N–H and O–H groups in total. The van der Waals surface area contributed by atoms with Crippen molar-refractivity contribution in [3.05, 3.63) is 0 Å². The fraction of sp³-hybridized carbons (Fsp3) is 1.00. The lowest BCUT2D eigenvalue weighted by Crippen LogP contribution is -2.28. The molecule has 0 bridgehead atoms. The van der Waals surface area contributed by atoms with Crippen LogP contribution in [0.5, 0.6) is 0 Å². The van der Waals surface area contributed by atoms with Gasteiger partial charge in [0.05, 0.1) is 5.28 Å². The molecule has 1 fully saturated rings. The van der Waals surface area contributed by atoms with E-state index in [9.17, 15) is 9.46 Å². The van der Waals surface area contributed by atoms with E-state index in [2.05, 4.69) is 0 Å². The first kappa shape index (κ1) is 10.2. The van der Waals surface area contributed by atoms with Gasteiger partial charge in [0.2, 0.25) is 7.37 Å². The van der Waals surface area contributed by atoms with Gasteiger partial charge < -0.3 is 10.6 Å². The van der Waals surface area contributed by atoms with E-state index < -0.39 is 12.6 Å². The van der Waals surface area contributed by atoms with Crippen molar-refractivity contribution in [1.82, 2.24) is 0 Å². The van der Waals surface area contributed by atoms with Crippen LogP contribution in [0.4, 0.5) is 0 Å². The first-order valence-corrected chi connectivity index (χ1v) is 6.20. The van der Waals surface area contributed by atoms with Crippen molar-refractivity contribution in [2.75, 3.05) is 0 Å². The molecule has 12 heavy (non-hydrogen) atoms. The largest absolute Gasteiger partial charge is 0.343 e. The summed E-state index contributed by atoms with van der Waals surface area (Å²) in [5.74, 6) is 0.260. The Bertz CT molecular complexity index is 229. The second-order valence-electron chi connectivity index (χ2n) is 4.02. The average Bonchev–Trinajstić information content (AvgIpc) is 2.63. The Morgan fingerprint density at radius 2 is 2.25 bits per heavy atom. The van der Waals surface area contributed by atoms with Gasteiger partial charge in [-0.1, -0.05) is 27.2 Å². The normalized spacial score (nSPS) is 39.7. The molecule has 1 aliphatic rings. The third kappa shape index (κ3) is 1.24. The molecule has 3 nitrogen and oxygen atoms in total. The molecule has 0 aliphatic heterocycles. The van der Waals surface area contributed by atoms with Gasteiger partial charge in [0.15, 0.2) is 0 Å². The highest BCUT2D eigenvalue weighted by Gasteiger charge is 2.62. The van der Waals surface area contributed by atoms with Crippen molar-refractivity contribution in [3.8, 4) is 0 Å². The summed E-state index contributed by atoms with van der Waals surface area (Å²) >= 11 is 0. The Kier molecular flexibility index (Phi) is 2.41. The molecule has 0 saturated heterocycles. The van der Waals surface area contributed by atoms with Gasteiger partial charge in [-0.3, -0.25) is 4.57 Å². The highest BCUT2D eigenvalue weighted by Crippen LogP contribution is 2.70. The molecular formula is C8H18NO2P. The van der Waals surface area contributed by atoms with Gasteiger partial charge in [-0.25, -0.2) is 0 Å². The van der Waals surface area contributed by atoms with E-state index in [0.29, 0.717) is 0 Å². The van der Waals surface area contributed by atoms with Gasteiger partial charge in [-0.15, -0.1) is 0 Å². The van der Waals surface area contributed by atoms with Gasteiger partial charge in [0.1, 0.15) is 0 Å². The first-order chi connectivity index (χ1) is 5.36. The molecule has 0 amide bonds. The van der Waals surface area contributed by atoms with Crippen molar-refractivity contribution in [3.63, 3.8) is 0 Å². The summed E-state index contributed by atoms with van der Waals surface area (Å²) < 4.78 is 11.8. The van der Waals surface area contributed by atoms with E-state index in [0.717, 1.165) is 12.8 Å². The van der Waals surface area contributed by atoms with Crippen molar-refractivity contribution in [1.29, 1.82) is 0 Å². The zero-order valence-corrected chi connectivity index (χ0v) is 8.84. The highest BCUT2D eigenvalue weighted by atomic mass is 31.2. The van der Waals surface area contributed by atoms with Crippen LogP contribution in [0.15, 0.2) is 0 Å². The number of hydrogen-bond acceptors (Lipinski definition) is 2. The molecule has 1 aliphatic carbocycles. The van der Waals surface area contributed by atoms with Gasteiger partial charge in [0.25, 0.3) is 0 Å². The molecule has 1 unspecified atom stereocenters. The van der Waals surface area contributed by atoms with Gasteiger partial charge in [0, 0.05) is 5.66 Å². The molecule has 1 rings (SSSR count). The molecule has 0 spiro atoms. The second kappa shape index (κ2) is 2.83. The minimum atomic E-state index is -3.13. The lowest BCUT2D eigenvalue weighted by Gasteiger charge is -2.23. The maximum Gasteiger partial charge on any atom is 0.222 e. The van der Waals surface area contributed by atoms with Crippen molar-refractivity contribution in [2.45, 2.75) is 44.6 Å². The van der Waals surface area contributed by atoms with Crippen LogP contribution in [-0.4, -0.2) is 15.8 Å². The van der Waals surface area contributed by atoms with E-state index in [1.807, 2.05) is 6.92 Å². The monoisotopic (exact) mass is 191 g/mol. The Labute approximate surface area is 73.8 Å². The fourth-order valence-corrected chi connectivity index (χ4v) is 3.86. The summed E-state index contributed by atoms with van der Waals surface area (Å²) in [6.45, 7) is 5.54. The standard InChI is InChI=1S/C8H18NO2P/c1-4-7-5-8(7,9)12(10,11)6(2)3/h6-7H,4-5,9H2,1-3H3,(H,10,11)/t7-,8-/m0/s1. The fourth-order valence-electron chi connectivity index (χ4n) is 1.71. The van der Waals surface area contributed by atoms with Gasteiger partial charge in [-0.05, 0) is 12.3 Å². The van der Waals surface area contributed by atoms with Crippen LogP contribution in [0.3, 0.4) is 0 Å². The molecule has 0 aromatic heterocycles. The van der Waals surface area contributed by atoms with Crippen LogP contribution in [-0.2, 0) is 4.57 Å². The van der Waals surface area contributed by atoms with E-state index in [1.165, 1.54) is 0 Å². The lowest BCUT2D eigenvalue weighted by molar-refractivity contribution is 0.443. The van der Waals surface area contributed by atoms with Crippen LogP contribution in [0.1, 0.15) is 33.6 Å². The third-order valence-electron chi connectivity index (χ3n) is 2.91. The minimum Gasteiger partial charge on any atom is -0.343 e. The predicted molar refractivity (Wildman–Crippen MR) is 50.3 cm³/mol. The first-order valence-electron chi connectivity index (χ1n) is 4.47. The quantitative estimate of drug-likeness (QED) is 0.668. The maximum atomic E-state index is 11.8. The summed E-state index contributed by atoms with van der Waals surface area (Å²) in [7, 11) is -3.13. The van der Waals surface area contributed by atoms with E-state index in [-0.39, 0.29) is 11.6 Å². The molecule has 4 heteroatoms. The van der Waals surface area contributed by atoms with Crippen LogP contribution < -0.4 is 5.73 Å². The minimum absolute atomic E-state index is 0.209. The summed E-state index contributed by atoms with van der Waals surface area (Å²) in [6, 6.07) is 0. The maximum absolute atomic E-state index is 11.8. The summed E-state index contributed by atoms with van der Waals surface area (Å²) in [5.41, 5.74) is 5.66. The topological polar surface area (TPSA) is 63.3 Å². The lowest BCUT2D eigenvalue weighted by atomic mass is 10.3. The second-order valence-corrected chi connectivity index (χ2v) is 7.13. The third-order valence-corrected chi connectivity index (χ3v) is 6.05. The summed E-state index contributed by atoms with van der Waals surface area (Å²) in [6.07, 6.45) is 1.63. The summed E-state index contributed by atoms with van der Waals surface area (Å²) in [5, 5.41) is -0.754. The Morgan fingerprint density at radius 3 is 2.50 bits per heavy atom. The molecule has 1 saturated carbocycles. The van der Waals surface area contributed by atoms with E-state index in [1.54, 1.807) is 13.8 Å². The molecule has 0 heterocycles. The predicted octanol–water partition coefficient (Wildman–Crippen LogP) is 1.75. The van der Waals surface area contributed by atoms with Crippen molar-refractivity contribution >= 4 is 7.37 Å². The number of rotatable bonds is 3. The van der Waals surface area contributed by atoms with Crippen LogP contribution in [0.25, 0.3) is 0 Å². The highest BCUT2D eigenvalue weighted by molar-refractivity contribution is 7.60. The Morgan fingerprint density at radius 1 is 1.75 bits per heavy atom. The zero-order chi connectivity index (χ0) is 9.57. The molecule has 3 atom stereocenters. The van der Waals surface area contributed by atoms with Crippen LogP contribution in [0, 0.1) is 5.92 Å². The van der Waals surface area contributed by atoms with Crippen LogP contribution in [0.2, 0.25) is 0 Å². The SMILES string of the molecule is CC[C@H]1C[C@]1(N)P(=O)(O)C(C)C. The Balaban J connectivity index is 2.78. The zero-order valence-electron chi connectivity index (χ0n) is 7.95. The average molecular weight is 191 g/mol. The van der Waals surface area contributed by atoms with Crippen LogP contribution >= 0.6 is 7.37 Å². The molecule has 72 valence electrons. The molecule has 0 aromatic rings. The molecule has 0 radical (unpaired) electrons. The van der Waals surface area contributed by atoms with Crippen molar-refractivity contribution in [2.24, 2.45) is 11.7 Å². The smallest absolute Gasteiger partial charge is 0.222 e. The van der Waals surface area contributed by atoms with Gasteiger partial charge in [-0.2, -0.15) is 0 Å². The van der Waals surface area contributed by atoms with Gasteiger partial charge >= 0.3 is 0 Å². The molecule has 0 aromatic carbocycles. The number of nitrogens with two attached hydrogens (primary N) is 1. The number of hydrogen-bond donors (Lipinski definition) is 2.